The Morgan fingerprint density at radius 3 is 2.50 bits per heavy atom. The Kier molecular flexibility index (Phi) is 5.68. The average Bonchev–Trinajstić information content (AvgIpc) is 2.37. The maximum absolute atomic E-state index is 12.1. The zero-order valence-corrected chi connectivity index (χ0v) is 11.2. The summed E-state index contributed by atoms with van der Waals surface area (Å²) in [6, 6.07) is 6.55. The van der Waals surface area contributed by atoms with E-state index >= 15 is 0 Å². The van der Waals surface area contributed by atoms with Crippen LogP contribution in [-0.2, 0) is 10.8 Å². The molecule has 0 saturated carbocycles. The topological polar surface area (TPSA) is 83.6 Å². The van der Waals surface area contributed by atoms with E-state index in [2.05, 4.69) is 6.58 Å². The van der Waals surface area contributed by atoms with Crippen LogP contribution in [0.5, 0.6) is 0 Å². The third-order valence-electron chi connectivity index (χ3n) is 2.64. The quantitative estimate of drug-likeness (QED) is 0.709. The highest BCUT2D eigenvalue weighted by atomic mass is 32.2. The average molecular weight is 269 g/mol. The summed E-state index contributed by atoms with van der Waals surface area (Å²) in [5.41, 5.74) is 6.57. The molecule has 0 fully saturated rings. The highest BCUT2D eigenvalue weighted by Crippen LogP contribution is 2.18. The van der Waals surface area contributed by atoms with Crippen molar-refractivity contribution < 1.29 is 14.4 Å². The van der Waals surface area contributed by atoms with Crippen LogP contribution >= 0.6 is 0 Å². The van der Waals surface area contributed by atoms with Crippen LogP contribution in [0, 0.1) is 6.92 Å². The molecule has 100 valence electrons. The van der Waals surface area contributed by atoms with Crippen LogP contribution in [0.3, 0.4) is 0 Å². The normalized spacial score (nSPS) is 16.0. The molecule has 0 bridgehead atoms. The van der Waals surface area contributed by atoms with Crippen molar-refractivity contribution in [2.75, 3.05) is 6.61 Å². The molecule has 1 rings (SSSR count). The maximum atomic E-state index is 12.1. The van der Waals surface area contributed by atoms with Gasteiger partial charge in [0.2, 0.25) is 0 Å². The van der Waals surface area contributed by atoms with Crippen molar-refractivity contribution in [3.63, 3.8) is 0 Å². The van der Waals surface area contributed by atoms with E-state index in [9.17, 15) is 9.32 Å². The molecular formula is C13H19NO3S. The van der Waals surface area contributed by atoms with E-state index in [1.807, 2.05) is 19.1 Å². The molecule has 18 heavy (non-hydrogen) atoms. The van der Waals surface area contributed by atoms with Crippen LogP contribution in [0.4, 0.5) is 0 Å². The first-order valence-electron chi connectivity index (χ1n) is 5.66. The minimum atomic E-state index is -1.37. The first-order chi connectivity index (χ1) is 8.45. The van der Waals surface area contributed by atoms with Crippen molar-refractivity contribution in [2.24, 2.45) is 5.73 Å². The summed E-state index contributed by atoms with van der Waals surface area (Å²) in [6.45, 7) is 5.35. The summed E-state index contributed by atoms with van der Waals surface area (Å²) in [5.74, 6) is 0. The summed E-state index contributed by atoms with van der Waals surface area (Å²) in [6.07, 6.45) is -0.820. The lowest BCUT2D eigenvalue weighted by atomic mass is 10.1. The highest BCUT2D eigenvalue weighted by molar-refractivity contribution is 7.89. The van der Waals surface area contributed by atoms with Gasteiger partial charge in [0.25, 0.3) is 0 Å². The first-order valence-corrected chi connectivity index (χ1v) is 6.81. The SMILES string of the molecule is C=C(C[C@@H](O)[C@@H](N)CO)[S@@](=O)c1ccc(C)cc1. The number of aliphatic hydroxyl groups excluding tert-OH is 2. The lowest BCUT2D eigenvalue weighted by molar-refractivity contribution is 0.110. The fourth-order valence-corrected chi connectivity index (χ4v) is 2.45. The number of aryl methyl sites for hydroxylation is 1. The molecule has 3 atom stereocenters. The molecule has 0 aliphatic carbocycles. The van der Waals surface area contributed by atoms with Gasteiger partial charge in [0.05, 0.1) is 29.6 Å². The van der Waals surface area contributed by atoms with E-state index in [4.69, 9.17) is 10.8 Å². The van der Waals surface area contributed by atoms with Crippen molar-refractivity contribution in [3.05, 3.63) is 41.3 Å². The number of benzene rings is 1. The second kappa shape index (κ2) is 6.80. The van der Waals surface area contributed by atoms with E-state index in [0.717, 1.165) is 5.56 Å². The molecule has 0 radical (unpaired) electrons. The summed E-state index contributed by atoms with van der Waals surface area (Å²) in [7, 11) is -1.37. The number of aliphatic hydroxyl groups is 2. The Balaban J connectivity index is 2.67. The largest absolute Gasteiger partial charge is 0.395 e. The van der Waals surface area contributed by atoms with Crippen LogP contribution in [0.15, 0.2) is 40.6 Å². The van der Waals surface area contributed by atoms with E-state index in [1.165, 1.54) is 0 Å². The van der Waals surface area contributed by atoms with E-state index in [-0.39, 0.29) is 13.0 Å². The Morgan fingerprint density at radius 2 is 2.00 bits per heavy atom. The number of hydrogen-bond donors (Lipinski definition) is 3. The third kappa shape index (κ3) is 4.03. The van der Waals surface area contributed by atoms with Crippen LogP contribution in [0.1, 0.15) is 12.0 Å². The van der Waals surface area contributed by atoms with Gasteiger partial charge in [-0.1, -0.05) is 24.3 Å². The van der Waals surface area contributed by atoms with Gasteiger partial charge in [-0.25, -0.2) is 4.21 Å². The van der Waals surface area contributed by atoms with Crippen LogP contribution in [0.25, 0.3) is 0 Å². The summed E-state index contributed by atoms with van der Waals surface area (Å²) in [5, 5.41) is 18.5. The molecular weight excluding hydrogens is 250 g/mol. The molecule has 0 spiro atoms. The number of nitrogens with two attached hydrogens (primary N) is 1. The Bertz CT molecular complexity index is 430. The third-order valence-corrected chi connectivity index (χ3v) is 4.03. The van der Waals surface area contributed by atoms with Gasteiger partial charge in [-0.2, -0.15) is 0 Å². The minimum Gasteiger partial charge on any atom is -0.395 e. The van der Waals surface area contributed by atoms with Gasteiger partial charge in [-0.15, -0.1) is 0 Å². The van der Waals surface area contributed by atoms with Crippen LogP contribution in [0.2, 0.25) is 0 Å². The molecule has 0 aromatic heterocycles. The van der Waals surface area contributed by atoms with Crippen LogP contribution < -0.4 is 5.73 Å². The number of hydrogen-bond acceptors (Lipinski definition) is 4. The Morgan fingerprint density at radius 1 is 1.44 bits per heavy atom. The first kappa shape index (κ1) is 15.0. The molecule has 0 unspecified atom stereocenters. The molecule has 0 saturated heterocycles. The van der Waals surface area contributed by atoms with Crippen molar-refractivity contribution >= 4 is 10.8 Å². The van der Waals surface area contributed by atoms with Crippen molar-refractivity contribution in [1.82, 2.24) is 0 Å². The highest BCUT2D eigenvalue weighted by Gasteiger charge is 2.18. The van der Waals surface area contributed by atoms with Gasteiger partial charge >= 0.3 is 0 Å². The lowest BCUT2D eigenvalue weighted by Gasteiger charge is -2.17. The second-order valence-electron chi connectivity index (χ2n) is 4.24. The monoisotopic (exact) mass is 269 g/mol. The van der Waals surface area contributed by atoms with E-state index < -0.39 is 22.9 Å². The molecule has 0 heterocycles. The molecule has 4 nitrogen and oxygen atoms in total. The fraction of sp³-hybridized carbons (Fsp3) is 0.385. The summed E-state index contributed by atoms with van der Waals surface area (Å²) >= 11 is 0. The molecule has 5 heteroatoms. The predicted octanol–water partition coefficient (Wildman–Crippen LogP) is 0.687. The zero-order valence-electron chi connectivity index (χ0n) is 10.4. The van der Waals surface area contributed by atoms with Gasteiger partial charge in [0.1, 0.15) is 0 Å². The van der Waals surface area contributed by atoms with Crippen molar-refractivity contribution in [3.8, 4) is 0 Å². The van der Waals surface area contributed by atoms with Gasteiger partial charge < -0.3 is 15.9 Å². The lowest BCUT2D eigenvalue weighted by Crippen LogP contribution is -2.38. The van der Waals surface area contributed by atoms with Crippen molar-refractivity contribution in [2.45, 2.75) is 30.4 Å². The molecule has 1 aromatic carbocycles. The number of rotatable bonds is 6. The summed E-state index contributed by atoms with van der Waals surface area (Å²) in [4.78, 5) is 1.05. The van der Waals surface area contributed by atoms with E-state index in [0.29, 0.717) is 9.80 Å². The molecule has 0 amide bonds. The van der Waals surface area contributed by atoms with Gasteiger partial charge in [0.15, 0.2) is 0 Å². The summed E-state index contributed by atoms with van der Waals surface area (Å²) < 4.78 is 12.1. The second-order valence-corrected chi connectivity index (χ2v) is 5.82. The van der Waals surface area contributed by atoms with Crippen LogP contribution in [-0.4, -0.2) is 33.2 Å². The van der Waals surface area contributed by atoms with E-state index in [1.54, 1.807) is 12.1 Å². The maximum Gasteiger partial charge on any atom is 0.0803 e. The van der Waals surface area contributed by atoms with Gasteiger partial charge in [-0.05, 0) is 19.1 Å². The fourth-order valence-electron chi connectivity index (χ4n) is 1.41. The van der Waals surface area contributed by atoms with Crippen molar-refractivity contribution in [1.29, 1.82) is 0 Å². The zero-order chi connectivity index (χ0) is 13.7. The predicted molar refractivity (Wildman–Crippen MR) is 72.4 cm³/mol. The smallest absolute Gasteiger partial charge is 0.0803 e. The molecule has 1 aromatic rings. The minimum absolute atomic E-state index is 0.113. The standard InChI is InChI=1S/C13H19NO3S/c1-9-3-5-11(6-4-9)18(17)10(2)7-13(16)12(14)8-15/h3-6,12-13,15-16H,2,7-8,14H2,1H3/t12-,13+,18+/m0/s1. The Labute approximate surface area is 110 Å². The molecule has 0 aliphatic heterocycles. The molecule has 0 aliphatic rings. The molecule has 4 N–H and O–H groups in total. The Hall–Kier alpha value is -1.01. The van der Waals surface area contributed by atoms with Gasteiger partial charge in [0, 0.05) is 16.2 Å². The van der Waals surface area contributed by atoms with Gasteiger partial charge in [-0.3, -0.25) is 0 Å².